The fraction of sp³-hybridized carbons (Fsp3) is 0.400. The van der Waals surface area contributed by atoms with Gasteiger partial charge < -0.3 is 15.5 Å². The van der Waals surface area contributed by atoms with E-state index in [0.717, 1.165) is 11.1 Å². The standard InChI is InChI=1S/C25H31N3O3/c1-16-10-11-20-21(12-16)28(15-22(29)18-9-7-6-8-17(18)2)24(31)19(26)14-27(20)23(30)13-25(3,4)5/h6-12,19H,13-15,26H2,1-5H3. The molecule has 2 N–H and O–H groups in total. The minimum absolute atomic E-state index is 0.0822. The van der Waals surface area contributed by atoms with Crippen molar-refractivity contribution in [2.75, 3.05) is 22.9 Å². The largest absolute Gasteiger partial charge is 0.318 e. The third-order valence-corrected chi connectivity index (χ3v) is 5.40. The number of aryl methyl sites for hydroxylation is 2. The zero-order valence-electron chi connectivity index (χ0n) is 18.9. The van der Waals surface area contributed by atoms with E-state index in [0.29, 0.717) is 23.4 Å². The average Bonchev–Trinajstić information content (AvgIpc) is 2.77. The van der Waals surface area contributed by atoms with Crippen molar-refractivity contribution in [1.29, 1.82) is 0 Å². The van der Waals surface area contributed by atoms with Crippen LogP contribution in [0, 0.1) is 19.3 Å². The van der Waals surface area contributed by atoms with E-state index >= 15 is 0 Å². The molecule has 3 rings (SSSR count). The Morgan fingerprint density at radius 3 is 2.39 bits per heavy atom. The fourth-order valence-electron chi connectivity index (χ4n) is 3.83. The number of carbonyl (C=O) groups is 3. The molecule has 164 valence electrons. The molecule has 0 radical (unpaired) electrons. The van der Waals surface area contributed by atoms with Crippen LogP contribution >= 0.6 is 0 Å². The summed E-state index contributed by atoms with van der Waals surface area (Å²) >= 11 is 0. The SMILES string of the molecule is Cc1ccc2c(c1)N(CC(=O)c1ccccc1C)C(=O)C(N)CN2C(=O)CC(C)(C)C. The Kier molecular flexibility index (Phi) is 6.32. The molecule has 0 saturated carbocycles. The lowest BCUT2D eigenvalue weighted by atomic mass is 9.91. The van der Waals surface area contributed by atoms with Crippen molar-refractivity contribution in [3.63, 3.8) is 0 Å². The summed E-state index contributed by atoms with van der Waals surface area (Å²) in [6, 6.07) is 12.0. The Hall–Kier alpha value is -2.99. The summed E-state index contributed by atoms with van der Waals surface area (Å²) < 4.78 is 0. The monoisotopic (exact) mass is 421 g/mol. The molecule has 1 heterocycles. The molecule has 0 saturated heterocycles. The van der Waals surface area contributed by atoms with Gasteiger partial charge in [-0.1, -0.05) is 51.1 Å². The molecule has 0 spiro atoms. The van der Waals surface area contributed by atoms with Gasteiger partial charge in [-0.25, -0.2) is 0 Å². The van der Waals surface area contributed by atoms with Gasteiger partial charge in [0.2, 0.25) is 11.8 Å². The first-order chi connectivity index (χ1) is 14.5. The van der Waals surface area contributed by atoms with E-state index in [1.165, 1.54) is 4.90 Å². The molecule has 1 aliphatic rings. The molecule has 1 aliphatic heterocycles. The van der Waals surface area contributed by atoms with E-state index in [1.807, 2.05) is 65.0 Å². The van der Waals surface area contributed by atoms with Gasteiger partial charge in [0, 0.05) is 12.0 Å². The Labute approximate surface area is 184 Å². The van der Waals surface area contributed by atoms with Crippen LogP contribution in [0.4, 0.5) is 11.4 Å². The first-order valence-corrected chi connectivity index (χ1v) is 10.5. The molecule has 0 aliphatic carbocycles. The highest BCUT2D eigenvalue weighted by atomic mass is 16.2. The second kappa shape index (κ2) is 8.63. The van der Waals surface area contributed by atoms with Gasteiger partial charge in [-0.05, 0) is 42.5 Å². The summed E-state index contributed by atoms with van der Waals surface area (Å²) in [7, 11) is 0. The highest BCUT2D eigenvalue weighted by Crippen LogP contribution is 2.35. The van der Waals surface area contributed by atoms with Crippen LogP contribution in [-0.2, 0) is 9.59 Å². The summed E-state index contributed by atoms with van der Waals surface area (Å²) in [5.74, 6) is -0.617. The van der Waals surface area contributed by atoms with Crippen molar-refractivity contribution >= 4 is 29.0 Å². The fourth-order valence-corrected chi connectivity index (χ4v) is 3.83. The number of fused-ring (bicyclic) bond motifs is 1. The first-order valence-electron chi connectivity index (χ1n) is 10.5. The lowest BCUT2D eigenvalue weighted by molar-refractivity contribution is -0.120. The van der Waals surface area contributed by atoms with E-state index in [9.17, 15) is 14.4 Å². The molecular formula is C25H31N3O3. The maximum atomic E-state index is 13.2. The second-order valence-electron chi connectivity index (χ2n) is 9.50. The number of rotatable bonds is 4. The Balaban J connectivity index is 2.04. The number of ketones is 1. The van der Waals surface area contributed by atoms with E-state index in [-0.39, 0.29) is 36.1 Å². The third kappa shape index (κ3) is 5.02. The summed E-state index contributed by atoms with van der Waals surface area (Å²) in [6.07, 6.45) is 0.323. The lowest BCUT2D eigenvalue weighted by Crippen LogP contribution is -2.49. The molecule has 1 atom stereocenters. The third-order valence-electron chi connectivity index (χ3n) is 5.40. The molecule has 2 amide bonds. The number of amides is 2. The zero-order chi connectivity index (χ0) is 22.9. The van der Waals surface area contributed by atoms with Gasteiger partial charge in [0.1, 0.15) is 6.04 Å². The van der Waals surface area contributed by atoms with Crippen molar-refractivity contribution in [3.05, 3.63) is 59.2 Å². The molecule has 0 bridgehead atoms. The molecule has 2 aromatic rings. The van der Waals surface area contributed by atoms with Crippen LogP contribution in [0.15, 0.2) is 42.5 Å². The van der Waals surface area contributed by atoms with E-state index in [2.05, 4.69) is 0 Å². The van der Waals surface area contributed by atoms with Crippen molar-refractivity contribution in [2.45, 2.75) is 47.1 Å². The number of hydrogen-bond donors (Lipinski definition) is 1. The Morgan fingerprint density at radius 1 is 1.06 bits per heavy atom. The summed E-state index contributed by atoms with van der Waals surface area (Å²) in [6.45, 7) is 9.73. The molecule has 1 unspecified atom stereocenters. The van der Waals surface area contributed by atoms with Gasteiger partial charge in [-0.3, -0.25) is 14.4 Å². The number of nitrogens with zero attached hydrogens (tertiary/aromatic N) is 2. The predicted molar refractivity (Wildman–Crippen MR) is 123 cm³/mol. The molecule has 2 aromatic carbocycles. The summed E-state index contributed by atoms with van der Waals surface area (Å²) in [5.41, 5.74) is 9.53. The number of nitrogens with two attached hydrogens (primary N) is 1. The van der Waals surface area contributed by atoms with Crippen LogP contribution in [0.1, 0.15) is 48.7 Å². The lowest BCUT2D eigenvalue weighted by Gasteiger charge is -2.28. The van der Waals surface area contributed by atoms with Crippen LogP contribution in [0.3, 0.4) is 0 Å². The molecule has 6 heteroatoms. The number of hydrogen-bond acceptors (Lipinski definition) is 4. The van der Waals surface area contributed by atoms with E-state index in [4.69, 9.17) is 5.73 Å². The van der Waals surface area contributed by atoms with Gasteiger partial charge in [0.25, 0.3) is 0 Å². The average molecular weight is 422 g/mol. The quantitative estimate of drug-likeness (QED) is 0.764. The van der Waals surface area contributed by atoms with Crippen molar-refractivity contribution in [1.82, 2.24) is 0 Å². The minimum atomic E-state index is -0.915. The van der Waals surface area contributed by atoms with E-state index in [1.54, 1.807) is 17.0 Å². The van der Waals surface area contributed by atoms with Crippen LogP contribution < -0.4 is 15.5 Å². The highest BCUT2D eigenvalue weighted by Gasteiger charge is 2.36. The number of anilines is 2. The van der Waals surface area contributed by atoms with Gasteiger partial charge in [0.15, 0.2) is 5.78 Å². The smallest absolute Gasteiger partial charge is 0.246 e. The molecule has 6 nitrogen and oxygen atoms in total. The highest BCUT2D eigenvalue weighted by molar-refractivity contribution is 6.12. The van der Waals surface area contributed by atoms with Gasteiger partial charge in [-0.2, -0.15) is 0 Å². The van der Waals surface area contributed by atoms with Crippen LogP contribution in [0.25, 0.3) is 0 Å². The molecule has 31 heavy (non-hydrogen) atoms. The van der Waals surface area contributed by atoms with Crippen LogP contribution in [0.2, 0.25) is 0 Å². The summed E-state index contributed by atoms with van der Waals surface area (Å²) in [4.78, 5) is 42.5. The van der Waals surface area contributed by atoms with Gasteiger partial charge in [0.05, 0.1) is 24.5 Å². The van der Waals surface area contributed by atoms with Gasteiger partial charge >= 0.3 is 0 Å². The van der Waals surface area contributed by atoms with Crippen LogP contribution in [-0.4, -0.2) is 36.7 Å². The second-order valence-corrected chi connectivity index (χ2v) is 9.50. The Bertz CT molecular complexity index is 1020. The molecule has 0 aromatic heterocycles. The minimum Gasteiger partial charge on any atom is -0.318 e. The normalized spacial score (nSPS) is 16.7. The van der Waals surface area contributed by atoms with Crippen molar-refractivity contribution in [2.24, 2.45) is 11.1 Å². The van der Waals surface area contributed by atoms with E-state index < -0.39 is 6.04 Å². The first kappa shape index (κ1) is 22.7. The Morgan fingerprint density at radius 2 is 1.74 bits per heavy atom. The zero-order valence-corrected chi connectivity index (χ0v) is 18.9. The van der Waals surface area contributed by atoms with Gasteiger partial charge in [-0.15, -0.1) is 0 Å². The molecule has 0 fully saturated rings. The maximum Gasteiger partial charge on any atom is 0.246 e. The topological polar surface area (TPSA) is 83.7 Å². The number of benzene rings is 2. The predicted octanol–water partition coefficient (Wildman–Crippen LogP) is 3.63. The maximum absolute atomic E-state index is 13.2. The summed E-state index contributed by atoms with van der Waals surface area (Å²) in [5, 5.41) is 0. The van der Waals surface area contributed by atoms with Crippen molar-refractivity contribution < 1.29 is 14.4 Å². The number of carbonyl (C=O) groups excluding carboxylic acids is 3. The van der Waals surface area contributed by atoms with Crippen LogP contribution in [0.5, 0.6) is 0 Å². The number of Topliss-reactive ketones (excluding diaryl/α,β-unsaturated/α-hetero) is 1. The molecular weight excluding hydrogens is 390 g/mol. The van der Waals surface area contributed by atoms with Crippen molar-refractivity contribution in [3.8, 4) is 0 Å².